The Bertz CT molecular complexity index is 1160. The number of nitrogens with zero attached hydrogens (tertiary/aromatic N) is 2. The molecule has 0 saturated carbocycles. The molecule has 5 rings (SSSR count). The summed E-state index contributed by atoms with van der Waals surface area (Å²) in [6, 6.07) is 6.18. The van der Waals surface area contributed by atoms with E-state index in [9.17, 15) is 0 Å². The summed E-state index contributed by atoms with van der Waals surface area (Å²) in [5.74, 6) is 2.51. The van der Waals surface area contributed by atoms with Crippen molar-refractivity contribution in [1.29, 1.82) is 0 Å². The van der Waals surface area contributed by atoms with Gasteiger partial charge >= 0.3 is 0 Å². The number of benzene rings is 1. The first-order valence-corrected chi connectivity index (χ1v) is 8.76. The van der Waals surface area contributed by atoms with Gasteiger partial charge in [0.15, 0.2) is 0 Å². The number of hydrogen-bond acceptors (Lipinski definition) is 5. The van der Waals surface area contributed by atoms with Crippen LogP contribution < -0.4 is 10.1 Å². The molecule has 0 atom stereocenters. The van der Waals surface area contributed by atoms with Crippen LogP contribution in [0.5, 0.6) is 5.75 Å². The molecule has 0 saturated heterocycles. The minimum Gasteiger partial charge on any atom is -0.496 e. The number of methoxy groups -OCH3 is 1. The number of fused-ring (bicyclic) bond motifs is 3. The number of anilines is 1. The van der Waals surface area contributed by atoms with Crippen LogP contribution >= 0.6 is 0 Å². The Morgan fingerprint density at radius 1 is 1.19 bits per heavy atom. The van der Waals surface area contributed by atoms with Crippen LogP contribution in [0.4, 0.5) is 5.82 Å². The predicted octanol–water partition coefficient (Wildman–Crippen LogP) is 4.00. The van der Waals surface area contributed by atoms with Gasteiger partial charge in [-0.15, -0.1) is 0 Å². The Morgan fingerprint density at radius 2 is 2.07 bits per heavy atom. The van der Waals surface area contributed by atoms with Crippen molar-refractivity contribution in [3.05, 3.63) is 53.2 Å². The molecule has 7 nitrogen and oxygen atoms in total. The van der Waals surface area contributed by atoms with Gasteiger partial charge < -0.3 is 24.5 Å². The third kappa shape index (κ3) is 2.28. The van der Waals surface area contributed by atoms with Crippen molar-refractivity contribution in [3.8, 4) is 16.9 Å². The van der Waals surface area contributed by atoms with Crippen LogP contribution in [-0.2, 0) is 0 Å². The molecule has 0 amide bonds. The first-order valence-electron chi connectivity index (χ1n) is 8.76. The van der Waals surface area contributed by atoms with Crippen LogP contribution in [0.15, 0.2) is 40.1 Å². The van der Waals surface area contributed by atoms with Gasteiger partial charge in [-0.25, -0.2) is 0 Å². The van der Waals surface area contributed by atoms with Crippen molar-refractivity contribution in [1.82, 2.24) is 15.1 Å². The van der Waals surface area contributed by atoms with Gasteiger partial charge in [0.25, 0.3) is 0 Å². The number of aromatic amines is 2. The zero-order valence-electron chi connectivity index (χ0n) is 15.3. The fourth-order valence-corrected chi connectivity index (χ4v) is 3.82. The summed E-state index contributed by atoms with van der Waals surface area (Å²) in [6.45, 7) is 4.39. The second-order valence-corrected chi connectivity index (χ2v) is 6.61. The first kappa shape index (κ1) is 15.7. The van der Waals surface area contributed by atoms with E-state index in [-0.39, 0.29) is 0 Å². The normalized spacial score (nSPS) is 13.4. The van der Waals surface area contributed by atoms with Gasteiger partial charge in [-0.05, 0) is 32.0 Å². The minimum atomic E-state index is 0.536. The van der Waals surface area contributed by atoms with E-state index in [4.69, 9.17) is 14.3 Å². The molecule has 0 spiro atoms. The maximum atomic E-state index is 5.72. The summed E-state index contributed by atoms with van der Waals surface area (Å²) >= 11 is 0. The molecular weight excluding hydrogens is 342 g/mol. The molecule has 1 aliphatic rings. The lowest BCUT2D eigenvalue weighted by Gasteiger charge is -2.14. The lowest BCUT2D eigenvalue weighted by molar-refractivity contribution is 0.393. The van der Waals surface area contributed by atoms with Crippen LogP contribution in [-0.4, -0.2) is 34.6 Å². The summed E-state index contributed by atoms with van der Waals surface area (Å²) in [5.41, 5.74) is 6.85. The third-order valence-electron chi connectivity index (χ3n) is 5.02. The second-order valence-electron chi connectivity index (χ2n) is 6.61. The summed E-state index contributed by atoms with van der Waals surface area (Å²) in [4.78, 5) is 11.3. The molecule has 136 valence electrons. The summed E-state index contributed by atoms with van der Waals surface area (Å²) in [7, 11) is 1.68. The topological polar surface area (TPSA) is 91.2 Å². The van der Waals surface area contributed by atoms with E-state index in [2.05, 4.69) is 32.6 Å². The van der Waals surface area contributed by atoms with Crippen molar-refractivity contribution >= 4 is 22.4 Å². The average Bonchev–Trinajstić information content (AvgIpc) is 3.39. The molecule has 1 aromatic carbocycles. The van der Waals surface area contributed by atoms with Crippen molar-refractivity contribution in [2.75, 3.05) is 19.1 Å². The highest BCUT2D eigenvalue weighted by Crippen LogP contribution is 2.40. The highest BCUT2D eigenvalue weighted by molar-refractivity contribution is 6.23. The van der Waals surface area contributed by atoms with E-state index < -0.39 is 0 Å². The number of aliphatic imine (C=N–C) groups is 1. The van der Waals surface area contributed by atoms with Crippen LogP contribution in [0, 0.1) is 13.8 Å². The third-order valence-corrected chi connectivity index (χ3v) is 5.02. The molecule has 4 heterocycles. The fourth-order valence-electron chi connectivity index (χ4n) is 3.82. The smallest absolute Gasteiger partial charge is 0.141 e. The average molecular weight is 361 g/mol. The van der Waals surface area contributed by atoms with Gasteiger partial charge in [-0.3, -0.25) is 4.99 Å². The lowest BCUT2D eigenvalue weighted by atomic mass is 9.97. The van der Waals surface area contributed by atoms with Gasteiger partial charge in [0.2, 0.25) is 0 Å². The highest BCUT2D eigenvalue weighted by Gasteiger charge is 2.24. The maximum absolute atomic E-state index is 5.72. The van der Waals surface area contributed by atoms with Crippen LogP contribution in [0.1, 0.15) is 22.6 Å². The maximum Gasteiger partial charge on any atom is 0.141 e. The SMILES string of the molecule is COc1cc2c3c([nH]c2cc1-c1c(C)noc1C)NCN=C3c1cc[nH]c1. The fraction of sp³-hybridized carbons (Fsp3) is 0.200. The number of nitrogens with one attached hydrogen (secondary N) is 3. The molecule has 0 fully saturated rings. The molecule has 27 heavy (non-hydrogen) atoms. The monoisotopic (exact) mass is 361 g/mol. The highest BCUT2D eigenvalue weighted by atomic mass is 16.5. The molecule has 3 aromatic heterocycles. The van der Waals surface area contributed by atoms with E-state index >= 15 is 0 Å². The Balaban J connectivity index is 1.77. The molecule has 0 aliphatic carbocycles. The van der Waals surface area contributed by atoms with E-state index in [1.165, 1.54) is 0 Å². The predicted molar refractivity (Wildman–Crippen MR) is 105 cm³/mol. The molecule has 0 unspecified atom stereocenters. The van der Waals surface area contributed by atoms with Crippen LogP contribution in [0.3, 0.4) is 0 Å². The van der Waals surface area contributed by atoms with E-state index in [1.807, 2.05) is 32.3 Å². The van der Waals surface area contributed by atoms with Gasteiger partial charge in [0, 0.05) is 34.4 Å². The standard InChI is InChI=1S/C20H19N5O2/c1-10-17(11(2)27-25-10)14-6-15-13(7-16(14)26-3)18-19(12-4-5-21-8-12)22-9-23-20(18)24-15/h4-8,21,23-24H,9H2,1-3H3. The molecule has 7 heteroatoms. The van der Waals surface area contributed by atoms with Gasteiger partial charge in [-0.1, -0.05) is 5.16 Å². The van der Waals surface area contributed by atoms with E-state index in [0.717, 1.165) is 61.9 Å². The van der Waals surface area contributed by atoms with Crippen molar-refractivity contribution in [3.63, 3.8) is 0 Å². The Kier molecular flexibility index (Phi) is 3.36. The van der Waals surface area contributed by atoms with Gasteiger partial charge in [-0.2, -0.15) is 0 Å². The number of H-pyrrole nitrogens is 2. The summed E-state index contributed by atoms with van der Waals surface area (Å²) < 4.78 is 11.1. The molecular formula is C20H19N5O2. The van der Waals surface area contributed by atoms with Crippen molar-refractivity contribution in [2.24, 2.45) is 4.99 Å². The zero-order chi connectivity index (χ0) is 18.5. The number of ether oxygens (including phenoxy) is 1. The second kappa shape index (κ2) is 5.77. The quantitative estimate of drug-likeness (QED) is 0.514. The Labute approximate surface area is 155 Å². The van der Waals surface area contributed by atoms with Crippen LogP contribution in [0.25, 0.3) is 22.0 Å². The summed E-state index contributed by atoms with van der Waals surface area (Å²) in [5, 5.41) is 8.48. The van der Waals surface area contributed by atoms with Crippen molar-refractivity contribution in [2.45, 2.75) is 13.8 Å². The molecule has 3 N–H and O–H groups in total. The van der Waals surface area contributed by atoms with E-state index in [0.29, 0.717) is 6.67 Å². The number of hydrogen-bond donors (Lipinski definition) is 3. The summed E-state index contributed by atoms with van der Waals surface area (Å²) in [6.07, 6.45) is 3.87. The first-order chi connectivity index (χ1) is 13.2. The molecule has 1 aliphatic heterocycles. The van der Waals surface area contributed by atoms with E-state index in [1.54, 1.807) is 7.11 Å². The lowest BCUT2D eigenvalue weighted by Crippen LogP contribution is -2.15. The number of aryl methyl sites for hydroxylation is 2. The largest absolute Gasteiger partial charge is 0.496 e. The number of aromatic nitrogens is 3. The zero-order valence-corrected chi connectivity index (χ0v) is 15.3. The molecule has 0 bridgehead atoms. The number of rotatable bonds is 3. The minimum absolute atomic E-state index is 0.536. The Morgan fingerprint density at radius 3 is 2.78 bits per heavy atom. The van der Waals surface area contributed by atoms with Crippen LogP contribution in [0.2, 0.25) is 0 Å². The van der Waals surface area contributed by atoms with Gasteiger partial charge in [0.05, 0.1) is 29.6 Å². The van der Waals surface area contributed by atoms with Gasteiger partial charge in [0.1, 0.15) is 24.0 Å². The Hall–Kier alpha value is -3.48. The molecule has 0 radical (unpaired) electrons. The van der Waals surface area contributed by atoms with Crippen molar-refractivity contribution < 1.29 is 9.26 Å². The molecule has 4 aromatic rings.